The highest BCUT2D eigenvalue weighted by Gasteiger charge is 2.54. The minimum atomic E-state index is -0.555. The van der Waals surface area contributed by atoms with E-state index in [9.17, 15) is 14.7 Å². The molecule has 0 radical (unpaired) electrons. The SMILES string of the molecule is COCCN(CCOC)C(=O)[C@@H](C)[C@H]1CC[C@@]2(C)CC[C@H](NC(C)=O)[C@@H](C)[C@@H]2[C@H]1O. The lowest BCUT2D eigenvalue weighted by Gasteiger charge is -2.56. The molecule has 0 saturated heterocycles. The topological polar surface area (TPSA) is 88.1 Å². The van der Waals surface area contributed by atoms with Crippen molar-refractivity contribution in [2.24, 2.45) is 29.1 Å². The zero-order chi connectivity index (χ0) is 22.5. The molecule has 2 aliphatic rings. The maximum absolute atomic E-state index is 13.3. The number of nitrogens with one attached hydrogen (secondary N) is 1. The molecule has 0 aromatic rings. The minimum Gasteiger partial charge on any atom is -0.392 e. The van der Waals surface area contributed by atoms with Gasteiger partial charge in [0.25, 0.3) is 0 Å². The summed E-state index contributed by atoms with van der Waals surface area (Å²) in [5, 5.41) is 14.6. The monoisotopic (exact) mass is 426 g/mol. The number of nitrogens with zero attached hydrogens (tertiary/aromatic N) is 1. The van der Waals surface area contributed by atoms with Gasteiger partial charge in [0.1, 0.15) is 0 Å². The molecule has 0 heterocycles. The van der Waals surface area contributed by atoms with Crippen molar-refractivity contribution in [2.45, 2.75) is 65.5 Å². The van der Waals surface area contributed by atoms with Gasteiger partial charge in [-0.05, 0) is 48.9 Å². The molecule has 2 amide bonds. The number of methoxy groups -OCH3 is 2. The van der Waals surface area contributed by atoms with E-state index >= 15 is 0 Å². The van der Waals surface area contributed by atoms with Crippen molar-refractivity contribution in [3.05, 3.63) is 0 Å². The van der Waals surface area contributed by atoms with Crippen molar-refractivity contribution in [3.63, 3.8) is 0 Å². The Kier molecular flexibility index (Phi) is 9.13. The van der Waals surface area contributed by atoms with E-state index in [1.165, 1.54) is 0 Å². The number of rotatable bonds is 9. The molecule has 2 fully saturated rings. The number of ether oxygens (including phenoxy) is 2. The molecule has 2 rings (SSSR count). The molecule has 2 aliphatic carbocycles. The number of amides is 2. The Balaban J connectivity index is 2.15. The molecule has 0 bridgehead atoms. The number of carbonyl (C=O) groups is 2. The van der Waals surface area contributed by atoms with Crippen molar-refractivity contribution < 1.29 is 24.2 Å². The molecule has 30 heavy (non-hydrogen) atoms. The molecule has 7 atom stereocenters. The first kappa shape index (κ1) is 25.1. The summed E-state index contributed by atoms with van der Waals surface area (Å²) in [6.07, 6.45) is 3.24. The smallest absolute Gasteiger partial charge is 0.225 e. The van der Waals surface area contributed by atoms with Gasteiger partial charge in [-0.25, -0.2) is 0 Å². The normalized spacial score (nSPS) is 34.7. The average molecular weight is 427 g/mol. The Morgan fingerprint density at radius 2 is 1.73 bits per heavy atom. The van der Waals surface area contributed by atoms with Crippen LogP contribution in [-0.4, -0.2) is 74.5 Å². The lowest BCUT2D eigenvalue weighted by atomic mass is 9.51. The van der Waals surface area contributed by atoms with Gasteiger partial charge in [0.05, 0.1) is 19.3 Å². The van der Waals surface area contributed by atoms with E-state index in [0.29, 0.717) is 26.3 Å². The summed E-state index contributed by atoms with van der Waals surface area (Å²) < 4.78 is 10.3. The van der Waals surface area contributed by atoms with Gasteiger partial charge in [0.15, 0.2) is 0 Å². The third kappa shape index (κ3) is 5.54. The summed E-state index contributed by atoms with van der Waals surface area (Å²) in [6, 6.07) is 0.0832. The van der Waals surface area contributed by atoms with Crippen molar-refractivity contribution in [1.82, 2.24) is 10.2 Å². The second-order valence-electron chi connectivity index (χ2n) is 9.68. The third-order valence-corrected chi connectivity index (χ3v) is 7.75. The van der Waals surface area contributed by atoms with Crippen LogP contribution in [0.25, 0.3) is 0 Å². The summed E-state index contributed by atoms with van der Waals surface area (Å²) in [7, 11) is 3.26. The van der Waals surface area contributed by atoms with Gasteiger partial charge < -0.3 is 24.8 Å². The fourth-order valence-electron chi connectivity index (χ4n) is 5.96. The maximum atomic E-state index is 13.3. The Bertz CT molecular complexity index is 578. The summed E-state index contributed by atoms with van der Waals surface area (Å²) in [5.74, 6) is -0.0750. The first-order chi connectivity index (χ1) is 14.2. The molecule has 0 aromatic carbocycles. The second kappa shape index (κ2) is 10.9. The molecule has 0 aliphatic heterocycles. The van der Waals surface area contributed by atoms with E-state index in [0.717, 1.165) is 25.7 Å². The highest BCUT2D eigenvalue weighted by atomic mass is 16.5. The number of carbonyl (C=O) groups excluding carboxylic acids is 2. The van der Waals surface area contributed by atoms with Gasteiger partial charge in [-0.3, -0.25) is 9.59 Å². The Hall–Kier alpha value is -1.18. The van der Waals surface area contributed by atoms with E-state index in [1.54, 1.807) is 26.0 Å². The van der Waals surface area contributed by atoms with Crippen LogP contribution in [0.15, 0.2) is 0 Å². The van der Waals surface area contributed by atoms with Crippen LogP contribution in [0.3, 0.4) is 0 Å². The van der Waals surface area contributed by atoms with E-state index in [-0.39, 0.29) is 46.9 Å². The zero-order valence-corrected chi connectivity index (χ0v) is 19.6. The van der Waals surface area contributed by atoms with E-state index < -0.39 is 6.10 Å². The fourth-order valence-corrected chi connectivity index (χ4v) is 5.96. The van der Waals surface area contributed by atoms with Crippen LogP contribution in [0.2, 0.25) is 0 Å². The first-order valence-corrected chi connectivity index (χ1v) is 11.4. The highest BCUT2D eigenvalue weighted by molar-refractivity contribution is 5.79. The average Bonchev–Trinajstić information content (AvgIpc) is 2.69. The van der Waals surface area contributed by atoms with Crippen LogP contribution >= 0.6 is 0 Å². The molecule has 0 unspecified atom stereocenters. The highest BCUT2D eigenvalue weighted by Crippen LogP contribution is 2.55. The van der Waals surface area contributed by atoms with Gasteiger partial charge in [-0.2, -0.15) is 0 Å². The lowest BCUT2D eigenvalue weighted by molar-refractivity contribution is -0.151. The molecular formula is C23H42N2O5. The van der Waals surface area contributed by atoms with Crippen LogP contribution in [0, 0.1) is 29.1 Å². The predicted octanol–water partition coefficient (Wildman–Crippen LogP) is 2.07. The molecule has 2 saturated carbocycles. The Morgan fingerprint density at radius 3 is 2.27 bits per heavy atom. The van der Waals surface area contributed by atoms with Crippen LogP contribution in [-0.2, 0) is 19.1 Å². The van der Waals surface area contributed by atoms with Crippen molar-refractivity contribution in [2.75, 3.05) is 40.5 Å². The van der Waals surface area contributed by atoms with Crippen LogP contribution in [0.5, 0.6) is 0 Å². The number of hydrogen-bond acceptors (Lipinski definition) is 5. The summed E-state index contributed by atoms with van der Waals surface area (Å²) in [5.41, 5.74) is 0.0544. The molecule has 0 aromatic heterocycles. The quantitative estimate of drug-likeness (QED) is 0.589. The van der Waals surface area contributed by atoms with Crippen LogP contribution < -0.4 is 5.32 Å². The van der Waals surface area contributed by atoms with Gasteiger partial charge in [-0.1, -0.05) is 20.8 Å². The summed E-state index contributed by atoms with van der Waals surface area (Å²) in [4.78, 5) is 26.7. The third-order valence-electron chi connectivity index (χ3n) is 7.75. The molecule has 7 heteroatoms. The maximum Gasteiger partial charge on any atom is 0.225 e. The standard InChI is InChI=1S/C23H42N2O5/c1-15(22(28)25(11-13-29-5)12-14-30-6)18-7-9-23(4)10-8-19(24-17(3)26)16(2)20(23)21(18)27/h15-16,18-21,27H,7-14H2,1-6H3,(H,24,26)/t15-,16+,18+,19-,20+,21-,23-/m0/s1. The number of aliphatic hydroxyl groups is 1. The largest absolute Gasteiger partial charge is 0.392 e. The summed E-state index contributed by atoms with van der Waals surface area (Å²) >= 11 is 0. The summed E-state index contributed by atoms with van der Waals surface area (Å²) in [6.45, 7) is 9.91. The van der Waals surface area contributed by atoms with Crippen molar-refractivity contribution in [1.29, 1.82) is 0 Å². The van der Waals surface area contributed by atoms with Crippen molar-refractivity contribution in [3.8, 4) is 0 Å². The van der Waals surface area contributed by atoms with Gasteiger partial charge in [0.2, 0.25) is 11.8 Å². The van der Waals surface area contributed by atoms with Gasteiger partial charge >= 0.3 is 0 Å². The molecule has 0 spiro atoms. The van der Waals surface area contributed by atoms with Gasteiger partial charge in [0, 0.05) is 46.2 Å². The number of hydrogen-bond donors (Lipinski definition) is 2. The molecular weight excluding hydrogens is 384 g/mol. The molecule has 174 valence electrons. The zero-order valence-electron chi connectivity index (χ0n) is 19.6. The van der Waals surface area contributed by atoms with E-state index in [2.05, 4.69) is 19.2 Å². The van der Waals surface area contributed by atoms with Crippen LogP contribution in [0.1, 0.15) is 53.4 Å². The minimum absolute atomic E-state index is 0.0206. The molecule has 7 nitrogen and oxygen atoms in total. The number of aliphatic hydroxyl groups excluding tert-OH is 1. The fraction of sp³-hybridized carbons (Fsp3) is 0.913. The Labute approximate surface area is 181 Å². The van der Waals surface area contributed by atoms with Crippen LogP contribution in [0.4, 0.5) is 0 Å². The van der Waals surface area contributed by atoms with E-state index in [4.69, 9.17) is 9.47 Å². The lowest BCUT2D eigenvalue weighted by Crippen LogP contribution is -2.58. The van der Waals surface area contributed by atoms with E-state index in [1.807, 2.05) is 6.92 Å². The Morgan fingerprint density at radius 1 is 1.17 bits per heavy atom. The molecule has 2 N–H and O–H groups in total. The van der Waals surface area contributed by atoms with Crippen molar-refractivity contribution >= 4 is 11.8 Å². The number of fused-ring (bicyclic) bond motifs is 1. The second-order valence-corrected chi connectivity index (χ2v) is 9.68. The predicted molar refractivity (Wildman–Crippen MR) is 116 cm³/mol. The first-order valence-electron chi connectivity index (χ1n) is 11.4. The van der Waals surface area contributed by atoms with Gasteiger partial charge in [-0.15, -0.1) is 0 Å².